The molecule has 0 amide bonds. The maximum atomic E-state index is 15.1. The quantitative estimate of drug-likeness (QED) is 0.221. The molecule has 2 aliphatic carbocycles. The number of piperazine rings is 1. The largest absolute Gasteiger partial charge is 0.367 e. The Kier molecular flexibility index (Phi) is 9.75. The number of halogens is 1. The Bertz CT molecular complexity index is 1570. The van der Waals surface area contributed by atoms with Crippen molar-refractivity contribution in [2.24, 2.45) is 17.8 Å². The summed E-state index contributed by atoms with van der Waals surface area (Å²) >= 11 is 0. The number of carbonyl (C=O) groups excluding carboxylic acids is 1. The second-order valence-corrected chi connectivity index (χ2v) is 12.5. The summed E-state index contributed by atoms with van der Waals surface area (Å²) in [5.41, 5.74) is 6.77. The average Bonchev–Trinajstić information content (AvgIpc) is 3.86. The smallest absolute Gasteiger partial charge is 0.227 e. The number of ketones is 1. The minimum absolute atomic E-state index is 0.0187. The molecule has 2 fully saturated rings. The van der Waals surface area contributed by atoms with Crippen molar-refractivity contribution >= 4 is 29.2 Å². The highest BCUT2D eigenvalue weighted by Gasteiger charge is 2.29. The molecule has 1 aliphatic heterocycles. The Morgan fingerprint density at radius 1 is 1.27 bits per heavy atom. The number of Topliss-reactive ketones (excluding diaryl/α,β-unsaturated/α-hetero) is 1. The molecule has 2 heterocycles. The van der Waals surface area contributed by atoms with E-state index in [2.05, 4.69) is 61.5 Å². The van der Waals surface area contributed by atoms with Crippen LogP contribution in [-0.4, -0.2) is 41.9 Å². The fraction of sp³-hybridized carbons (Fsp3) is 0.444. The molecule has 1 saturated carbocycles. The molecule has 8 heteroatoms. The maximum Gasteiger partial charge on any atom is 0.227 e. The summed E-state index contributed by atoms with van der Waals surface area (Å²) in [6.07, 6.45) is 13.6. The van der Waals surface area contributed by atoms with E-state index < -0.39 is 0 Å². The molecule has 1 aromatic heterocycles. The van der Waals surface area contributed by atoms with E-state index in [1.54, 1.807) is 18.3 Å². The average molecular weight is 595 g/mol. The van der Waals surface area contributed by atoms with Gasteiger partial charge in [0.2, 0.25) is 5.95 Å². The standard InChI is InChI=1S/C36H43FN6O/c1-22-6-10-32(27-7-8-27)28(16-23(22)2)17-24(3)25(4)35-30(18-29(20-38)26(5)44)21-40-36(42-35)41-31-9-11-34(33(37)19-31)43-14-12-39-13-15-43/h6,9-11,16,18-19,21-22,24-25,27,39H,7-8,12-15,17H2,1-5H3,(H,40,41,42). The highest BCUT2D eigenvalue weighted by Crippen LogP contribution is 2.43. The molecule has 44 heavy (non-hydrogen) atoms. The van der Waals surface area contributed by atoms with Crippen LogP contribution in [0.25, 0.3) is 6.08 Å². The van der Waals surface area contributed by atoms with E-state index in [1.807, 2.05) is 17.0 Å². The van der Waals surface area contributed by atoms with Gasteiger partial charge in [-0.25, -0.2) is 14.4 Å². The first kappa shape index (κ1) is 31.3. The number of nitrogens with zero attached hydrogens (tertiary/aromatic N) is 4. The summed E-state index contributed by atoms with van der Waals surface area (Å²) < 4.78 is 15.1. The number of rotatable bonds is 10. The second kappa shape index (κ2) is 13.7. The van der Waals surface area contributed by atoms with E-state index in [9.17, 15) is 10.1 Å². The van der Waals surface area contributed by atoms with Crippen molar-refractivity contribution < 1.29 is 9.18 Å². The molecule has 5 rings (SSSR count). The number of benzene rings is 1. The number of hydrogen-bond acceptors (Lipinski definition) is 7. The van der Waals surface area contributed by atoms with Gasteiger partial charge in [-0.05, 0) is 86.3 Å². The van der Waals surface area contributed by atoms with Gasteiger partial charge >= 0.3 is 0 Å². The fourth-order valence-corrected chi connectivity index (χ4v) is 5.94. The molecule has 230 valence electrons. The summed E-state index contributed by atoms with van der Waals surface area (Å²) in [5.74, 6) is 0.973. The zero-order valence-electron chi connectivity index (χ0n) is 26.5. The molecule has 7 nitrogen and oxygen atoms in total. The van der Waals surface area contributed by atoms with Gasteiger partial charge < -0.3 is 15.5 Å². The van der Waals surface area contributed by atoms with E-state index in [0.717, 1.165) is 38.3 Å². The number of anilines is 3. The number of carbonyl (C=O) groups is 1. The molecule has 2 aromatic rings. The Balaban J connectivity index is 1.45. The summed E-state index contributed by atoms with van der Waals surface area (Å²) in [6.45, 7) is 13.4. The third-order valence-corrected chi connectivity index (χ3v) is 9.21. The lowest BCUT2D eigenvalue weighted by Gasteiger charge is -2.29. The lowest BCUT2D eigenvalue weighted by molar-refractivity contribution is -0.113. The molecular weight excluding hydrogens is 551 g/mol. The van der Waals surface area contributed by atoms with Gasteiger partial charge in [-0.15, -0.1) is 0 Å². The highest BCUT2D eigenvalue weighted by molar-refractivity contribution is 6.01. The Labute approximate surface area is 260 Å². The lowest BCUT2D eigenvalue weighted by atomic mass is 9.83. The van der Waals surface area contributed by atoms with Crippen molar-refractivity contribution in [2.75, 3.05) is 36.4 Å². The molecular formula is C36H43FN6O. The van der Waals surface area contributed by atoms with Gasteiger partial charge in [0, 0.05) is 49.5 Å². The second-order valence-electron chi connectivity index (χ2n) is 12.5. The zero-order chi connectivity index (χ0) is 31.4. The van der Waals surface area contributed by atoms with E-state index in [1.165, 1.54) is 42.6 Å². The number of hydrogen-bond donors (Lipinski definition) is 2. The van der Waals surface area contributed by atoms with Crippen molar-refractivity contribution in [3.8, 4) is 6.07 Å². The Hall–Kier alpha value is -4.09. The molecule has 3 unspecified atom stereocenters. The van der Waals surface area contributed by atoms with E-state index >= 15 is 4.39 Å². The van der Waals surface area contributed by atoms with Gasteiger partial charge in [0.1, 0.15) is 11.9 Å². The van der Waals surface area contributed by atoms with Gasteiger partial charge in [0.05, 0.1) is 17.0 Å². The first-order chi connectivity index (χ1) is 21.1. The number of nitriles is 1. The predicted octanol–water partition coefficient (Wildman–Crippen LogP) is 7.25. The van der Waals surface area contributed by atoms with Crippen LogP contribution < -0.4 is 15.5 Å². The molecule has 3 atom stereocenters. The number of aromatic nitrogens is 2. The van der Waals surface area contributed by atoms with Crippen LogP contribution in [0, 0.1) is 34.9 Å². The Morgan fingerprint density at radius 2 is 2.02 bits per heavy atom. The lowest BCUT2D eigenvalue weighted by Crippen LogP contribution is -2.43. The van der Waals surface area contributed by atoms with Gasteiger partial charge in [0.25, 0.3) is 0 Å². The van der Waals surface area contributed by atoms with Crippen molar-refractivity contribution in [3.05, 3.63) is 82.0 Å². The van der Waals surface area contributed by atoms with Crippen molar-refractivity contribution in [2.45, 2.75) is 59.8 Å². The van der Waals surface area contributed by atoms with E-state index in [0.29, 0.717) is 34.7 Å². The molecule has 1 saturated heterocycles. The van der Waals surface area contributed by atoms with E-state index in [4.69, 9.17) is 4.98 Å². The monoisotopic (exact) mass is 594 g/mol. The van der Waals surface area contributed by atoms with Crippen LogP contribution in [0.15, 0.2) is 64.9 Å². The van der Waals surface area contributed by atoms with Crippen LogP contribution in [0.1, 0.15) is 71.1 Å². The third-order valence-electron chi connectivity index (χ3n) is 9.21. The number of nitrogens with one attached hydrogen (secondary N) is 2. The molecule has 2 N–H and O–H groups in total. The first-order valence-electron chi connectivity index (χ1n) is 15.8. The topological polar surface area (TPSA) is 93.9 Å². The predicted molar refractivity (Wildman–Crippen MR) is 175 cm³/mol. The molecule has 1 aromatic carbocycles. The van der Waals surface area contributed by atoms with Gasteiger partial charge in [0.15, 0.2) is 5.78 Å². The van der Waals surface area contributed by atoms with Crippen LogP contribution in [0.4, 0.5) is 21.7 Å². The summed E-state index contributed by atoms with van der Waals surface area (Å²) in [6, 6.07) is 7.12. The van der Waals surface area contributed by atoms with Gasteiger partial charge in [-0.2, -0.15) is 5.26 Å². The van der Waals surface area contributed by atoms with Crippen LogP contribution >= 0.6 is 0 Å². The molecule has 0 spiro atoms. The molecule has 0 radical (unpaired) electrons. The summed E-state index contributed by atoms with van der Waals surface area (Å²) in [4.78, 5) is 23.6. The van der Waals surface area contributed by atoms with Gasteiger partial charge in [-0.1, -0.05) is 44.6 Å². The highest BCUT2D eigenvalue weighted by atomic mass is 19.1. The number of allylic oxidation sites excluding steroid dienone is 7. The van der Waals surface area contributed by atoms with Crippen LogP contribution in [0.5, 0.6) is 0 Å². The van der Waals surface area contributed by atoms with Crippen molar-refractivity contribution in [1.82, 2.24) is 15.3 Å². The summed E-state index contributed by atoms with van der Waals surface area (Å²) in [7, 11) is 0. The van der Waals surface area contributed by atoms with Crippen LogP contribution in [-0.2, 0) is 4.79 Å². The normalized spacial score (nSPS) is 20.5. The fourth-order valence-electron chi connectivity index (χ4n) is 5.94. The van der Waals surface area contributed by atoms with Crippen molar-refractivity contribution in [3.63, 3.8) is 0 Å². The van der Waals surface area contributed by atoms with Crippen molar-refractivity contribution in [1.29, 1.82) is 5.26 Å². The minimum atomic E-state index is -0.305. The third kappa shape index (κ3) is 7.34. The van der Waals surface area contributed by atoms with Crippen LogP contribution in [0.2, 0.25) is 0 Å². The van der Waals surface area contributed by atoms with E-state index in [-0.39, 0.29) is 29.0 Å². The van der Waals surface area contributed by atoms with Crippen LogP contribution in [0.3, 0.4) is 0 Å². The summed E-state index contributed by atoms with van der Waals surface area (Å²) in [5, 5.41) is 16.1. The SMILES string of the molecule is CC(=O)C(C#N)=Cc1cnc(Nc2ccc(N3CCNCC3)c(F)c2)nc1C(C)C(C)CC1=C(C2CC2)C=CC(C)C(C)=C1. The van der Waals surface area contributed by atoms with Gasteiger partial charge in [-0.3, -0.25) is 4.79 Å². The molecule has 0 bridgehead atoms. The first-order valence-corrected chi connectivity index (χ1v) is 15.8. The minimum Gasteiger partial charge on any atom is -0.367 e. The Morgan fingerprint density at radius 3 is 2.68 bits per heavy atom. The molecule has 3 aliphatic rings. The zero-order valence-corrected chi connectivity index (χ0v) is 26.5. The maximum absolute atomic E-state index is 15.1.